The van der Waals surface area contributed by atoms with Gasteiger partial charge in [-0.05, 0) is 50.9 Å². The van der Waals surface area contributed by atoms with Gasteiger partial charge in [-0.3, -0.25) is 4.79 Å². The van der Waals surface area contributed by atoms with Crippen LogP contribution in [0.15, 0.2) is 18.2 Å². The van der Waals surface area contributed by atoms with Crippen molar-refractivity contribution in [2.45, 2.75) is 19.8 Å². The number of hydrogen-bond donors (Lipinski definition) is 2. The molecular weight excluding hydrogens is 274 g/mol. The summed E-state index contributed by atoms with van der Waals surface area (Å²) in [5.41, 5.74) is 6.75. The fourth-order valence-corrected chi connectivity index (χ4v) is 3.07. The van der Waals surface area contributed by atoms with Gasteiger partial charge in [0.2, 0.25) is 0 Å². The van der Waals surface area contributed by atoms with E-state index in [-0.39, 0.29) is 0 Å². The van der Waals surface area contributed by atoms with Crippen LogP contribution in [0, 0.1) is 5.92 Å². The number of carbonyl (C=O) groups excluding carboxylic acids is 1. The second kappa shape index (κ2) is 6.95. The molecule has 0 aromatic heterocycles. The van der Waals surface area contributed by atoms with Gasteiger partial charge in [-0.15, -0.1) is 0 Å². The van der Waals surface area contributed by atoms with Gasteiger partial charge in [0, 0.05) is 13.1 Å². The zero-order valence-corrected chi connectivity index (χ0v) is 12.6. The maximum atomic E-state index is 11.7. The summed E-state index contributed by atoms with van der Waals surface area (Å²) in [4.78, 5) is 13.9. The van der Waals surface area contributed by atoms with E-state index in [1.54, 1.807) is 6.07 Å². The summed E-state index contributed by atoms with van der Waals surface area (Å²) >= 11 is 6.13. The van der Waals surface area contributed by atoms with Gasteiger partial charge < -0.3 is 16.0 Å². The monoisotopic (exact) mass is 295 g/mol. The third-order valence-electron chi connectivity index (χ3n) is 3.84. The summed E-state index contributed by atoms with van der Waals surface area (Å²) in [5, 5.41) is 3.85. The molecule has 0 bridgehead atoms. The predicted molar refractivity (Wildman–Crippen MR) is 83.5 cm³/mol. The lowest BCUT2D eigenvalue weighted by molar-refractivity contribution is 0.100. The Hall–Kier alpha value is -1.26. The van der Waals surface area contributed by atoms with Crippen LogP contribution in [0.4, 0.5) is 5.69 Å². The smallest absolute Gasteiger partial charge is 0.252 e. The largest absolute Gasteiger partial charge is 0.371 e. The van der Waals surface area contributed by atoms with Crippen LogP contribution in [-0.4, -0.2) is 32.1 Å². The lowest BCUT2D eigenvalue weighted by Crippen LogP contribution is -2.39. The topological polar surface area (TPSA) is 58.4 Å². The molecular formula is C15H22ClN3O. The van der Waals surface area contributed by atoms with Crippen LogP contribution in [0.25, 0.3) is 0 Å². The molecule has 1 unspecified atom stereocenters. The summed E-state index contributed by atoms with van der Waals surface area (Å²) in [6, 6.07) is 5.50. The van der Waals surface area contributed by atoms with Crippen LogP contribution in [0.3, 0.4) is 0 Å². The van der Waals surface area contributed by atoms with E-state index < -0.39 is 5.91 Å². The highest BCUT2D eigenvalue weighted by atomic mass is 35.5. The van der Waals surface area contributed by atoms with E-state index in [1.165, 1.54) is 12.8 Å². The van der Waals surface area contributed by atoms with Gasteiger partial charge in [0.05, 0.1) is 16.3 Å². The highest BCUT2D eigenvalue weighted by molar-refractivity contribution is 6.34. The summed E-state index contributed by atoms with van der Waals surface area (Å²) in [5.74, 6) is 0.134. The molecule has 1 saturated heterocycles. The number of anilines is 1. The Labute approximate surface area is 125 Å². The van der Waals surface area contributed by atoms with Crippen molar-refractivity contribution >= 4 is 23.2 Å². The van der Waals surface area contributed by atoms with Crippen molar-refractivity contribution in [1.82, 2.24) is 5.32 Å². The maximum Gasteiger partial charge on any atom is 0.252 e. The second-order valence-electron chi connectivity index (χ2n) is 5.25. The molecule has 4 nitrogen and oxygen atoms in total. The predicted octanol–water partition coefficient (Wildman–Crippen LogP) is 2.26. The van der Waals surface area contributed by atoms with E-state index in [4.69, 9.17) is 17.3 Å². The minimum Gasteiger partial charge on any atom is -0.371 e. The third kappa shape index (κ3) is 3.44. The number of carbonyl (C=O) groups is 1. The van der Waals surface area contributed by atoms with Crippen molar-refractivity contribution in [3.05, 3.63) is 28.8 Å². The van der Waals surface area contributed by atoms with Crippen molar-refractivity contribution < 1.29 is 4.79 Å². The zero-order chi connectivity index (χ0) is 14.5. The fraction of sp³-hybridized carbons (Fsp3) is 0.533. The molecule has 0 aliphatic carbocycles. The van der Waals surface area contributed by atoms with Gasteiger partial charge in [-0.25, -0.2) is 0 Å². The SMILES string of the molecule is CCN(CC1CCCNC1)c1cccc(Cl)c1C(N)=O. The molecule has 1 aliphatic rings. The van der Waals surface area contributed by atoms with Crippen LogP contribution < -0.4 is 16.0 Å². The minimum absolute atomic E-state index is 0.426. The van der Waals surface area contributed by atoms with E-state index in [1.807, 2.05) is 12.1 Å². The number of nitrogens with one attached hydrogen (secondary N) is 1. The molecule has 1 heterocycles. The molecule has 3 N–H and O–H groups in total. The second-order valence-corrected chi connectivity index (χ2v) is 5.66. The van der Waals surface area contributed by atoms with Gasteiger partial charge in [-0.1, -0.05) is 17.7 Å². The molecule has 5 heteroatoms. The summed E-state index contributed by atoms with van der Waals surface area (Å²) in [7, 11) is 0. The quantitative estimate of drug-likeness (QED) is 0.876. The van der Waals surface area contributed by atoms with E-state index in [0.29, 0.717) is 16.5 Å². The van der Waals surface area contributed by atoms with Gasteiger partial charge in [0.1, 0.15) is 0 Å². The number of nitrogens with two attached hydrogens (primary N) is 1. The number of amides is 1. The average Bonchev–Trinajstić information content (AvgIpc) is 2.45. The van der Waals surface area contributed by atoms with Crippen LogP contribution in [-0.2, 0) is 0 Å². The molecule has 0 saturated carbocycles. The van der Waals surface area contributed by atoms with Crippen molar-refractivity contribution in [2.24, 2.45) is 11.7 Å². The molecule has 1 aliphatic heterocycles. The van der Waals surface area contributed by atoms with Gasteiger partial charge in [0.15, 0.2) is 0 Å². The summed E-state index contributed by atoms with van der Waals surface area (Å²) < 4.78 is 0. The number of nitrogens with zero attached hydrogens (tertiary/aromatic N) is 1. The zero-order valence-electron chi connectivity index (χ0n) is 11.9. The van der Waals surface area contributed by atoms with Crippen LogP contribution in [0.5, 0.6) is 0 Å². The number of primary amides is 1. The first-order chi connectivity index (χ1) is 9.63. The number of piperidine rings is 1. The van der Waals surface area contributed by atoms with Gasteiger partial charge >= 0.3 is 0 Å². The number of hydrogen-bond acceptors (Lipinski definition) is 3. The Kier molecular flexibility index (Phi) is 5.26. The molecule has 110 valence electrons. The average molecular weight is 296 g/mol. The van der Waals surface area contributed by atoms with Crippen molar-refractivity contribution in [3.63, 3.8) is 0 Å². The van der Waals surface area contributed by atoms with Crippen molar-refractivity contribution in [1.29, 1.82) is 0 Å². The molecule has 0 spiro atoms. The summed E-state index contributed by atoms with van der Waals surface area (Å²) in [6.45, 7) is 5.97. The van der Waals surface area contributed by atoms with E-state index in [9.17, 15) is 4.79 Å². The molecule has 1 fully saturated rings. The van der Waals surface area contributed by atoms with Crippen LogP contribution in [0.2, 0.25) is 5.02 Å². The van der Waals surface area contributed by atoms with Gasteiger partial charge in [0.25, 0.3) is 5.91 Å². The molecule has 2 rings (SSSR count). The first kappa shape index (κ1) is 15.1. The summed E-state index contributed by atoms with van der Waals surface area (Å²) in [6.07, 6.45) is 2.43. The van der Waals surface area contributed by atoms with Gasteiger partial charge in [-0.2, -0.15) is 0 Å². The number of halogens is 1. The normalized spacial score (nSPS) is 18.8. The number of rotatable bonds is 5. The molecule has 1 amide bonds. The van der Waals surface area contributed by atoms with Crippen LogP contribution >= 0.6 is 11.6 Å². The molecule has 20 heavy (non-hydrogen) atoms. The van der Waals surface area contributed by atoms with E-state index in [2.05, 4.69) is 17.1 Å². The molecule has 1 aromatic carbocycles. The Bertz CT molecular complexity index is 472. The van der Waals surface area contributed by atoms with E-state index >= 15 is 0 Å². The fourth-order valence-electron chi connectivity index (χ4n) is 2.81. The Morgan fingerprint density at radius 1 is 1.55 bits per heavy atom. The Morgan fingerprint density at radius 3 is 2.95 bits per heavy atom. The number of benzene rings is 1. The highest BCUT2D eigenvalue weighted by Crippen LogP contribution is 2.28. The lowest BCUT2D eigenvalue weighted by atomic mass is 9.98. The standard InChI is InChI=1S/C15H22ClN3O/c1-2-19(10-11-5-4-8-18-9-11)13-7-3-6-12(16)14(13)15(17)20/h3,6-7,11,18H,2,4-5,8-10H2,1H3,(H2,17,20). The van der Waals surface area contributed by atoms with E-state index in [0.717, 1.165) is 31.9 Å². The van der Waals surface area contributed by atoms with Crippen molar-refractivity contribution in [2.75, 3.05) is 31.1 Å². The maximum absolute atomic E-state index is 11.7. The Balaban J connectivity index is 2.22. The van der Waals surface area contributed by atoms with Crippen molar-refractivity contribution in [3.8, 4) is 0 Å². The first-order valence-corrected chi connectivity index (χ1v) is 7.55. The Morgan fingerprint density at radius 2 is 2.35 bits per heavy atom. The first-order valence-electron chi connectivity index (χ1n) is 7.17. The third-order valence-corrected chi connectivity index (χ3v) is 4.15. The van der Waals surface area contributed by atoms with Crippen LogP contribution in [0.1, 0.15) is 30.1 Å². The molecule has 1 atom stereocenters. The molecule has 0 radical (unpaired) electrons. The highest BCUT2D eigenvalue weighted by Gasteiger charge is 2.21. The molecule has 1 aromatic rings. The minimum atomic E-state index is -0.467. The lowest BCUT2D eigenvalue weighted by Gasteiger charge is -2.32.